The van der Waals surface area contributed by atoms with E-state index in [9.17, 15) is 14.4 Å². The second-order valence-corrected chi connectivity index (χ2v) is 6.34. The van der Waals surface area contributed by atoms with E-state index in [0.29, 0.717) is 30.9 Å². The van der Waals surface area contributed by atoms with Crippen LogP contribution in [0.25, 0.3) is 0 Å². The minimum Gasteiger partial charge on any atom is -0.462 e. The van der Waals surface area contributed by atoms with Crippen molar-refractivity contribution < 1.29 is 19.1 Å². The number of nitrogens with zero attached hydrogens (tertiary/aromatic N) is 1. The van der Waals surface area contributed by atoms with E-state index in [4.69, 9.17) is 4.74 Å². The molecule has 5 nitrogen and oxygen atoms in total. The van der Waals surface area contributed by atoms with E-state index in [1.807, 2.05) is 0 Å². The van der Waals surface area contributed by atoms with Crippen molar-refractivity contribution in [3.05, 3.63) is 29.8 Å². The van der Waals surface area contributed by atoms with Gasteiger partial charge in [-0.25, -0.2) is 4.79 Å². The highest BCUT2D eigenvalue weighted by atomic mass is 32.2. The van der Waals surface area contributed by atoms with Gasteiger partial charge in [-0.15, -0.1) is 0 Å². The third-order valence-corrected chi connectivity index (χ3v) is 4.46. The van der Waals surface area contributed by atoms with Crippen molar-refractivity contribution in [3.8, 4) is 0 Å². The summed E-state index contributed by atoms with van der Waals surface area (Å²) in [6.07, 6.45) is 0.458. The van der Waals surface area contributed by atoms with Gasteiger partial charge >= 0.3 is 5.97 Å². The average Bonchev–Trinajstić information content (AvgIpc) is 2.86. The zero-order chi connectivity index (χ0) is 16.1. The van der Waals surface area contributed by atoms with Gasteiger partial charge in [-0.2, -0.15) is 0 Å². The number of esters is 1. The second kappa shape index (κ2) is 7.45. The third-order valence-electron chi connectivity index (χ3n) is 3.42. The standard InChI is InChI=1S/C16H19NO4S/c1-3-21-16(20)13-4-6-14(7-5-13)17-9-12(8-15(17)19)10-22-11(2)18/h4-7,12H,3,8-10H2,1-2H3. The van der Waals surface area contributed by atoms with Crippen LogP contribution < -0.4 is 4.90 Å². The van der Waals surface area contributed by atoms with Crippen molar-refractivity contribution in [2.45, 2.75) is 20.3 Å². The van der Waals surface area contributed by atoms with Crippen molar-refractivity contribution in [1.29, 1.82) is 0 Å². The van der Waals surface area contributed by atoms with Gasteiger partial charge in [0.1, 0.15) is 0 Å². The number of hydrogen-bond acceptors (Lipinski definition) is 5. The largest absolute Gasteiger partial charge is 0.462 e. The molecule has 22 heavy (non-hydrogen) atoms. The SMILES string of the molecule is CCOC(=O)c1ccc(N2CC(CSC(C)=O)CC2=O)cc1. The predicted molar refractivity (Wildman–Crippen MR) is 86.0 cm³/mol. The van der Waals surface area contributed by atoms with Crippen molar-refractivity contribution in [2.75, 3.05) is 23.8 Å². The van der Waals surface area contributed by atoms with E-state index in [1.54, 1.807) is 36.1 Å². The van der Waals surface area contributed by atoms with E-state index in [-0.39, 0.29) is 22.9 Å². The lowest BCUT2D eigenvalue weighted by molar-refractivity contribution is -0.117. The molecule has 1 atom stereocenters. The molecule has 1 saturated heterocycles. The molecule has 0 spiro atoms. The molecule has 1 amide bonds. The first kappa shape index (κ1) is 16.5. The van der Waals surface area contributed by atoms with E-state index in [1.165, 1.54) is 18.7 Å². The van der Waals surface area contributed by atoms with Gasteiger partial charge in [-0.1, -0.05) is 11.8 Å². The van der Waals surface area contributed by atoms with Crippen LogP contribution in [0, 0.1) is 5.92 Å². The highest BCUT2D eigenvalue weighted by Crippen LogP contribution is 2.27. The van der Waals surface area contributed by atoms with Crippen LogP contribution in [0.1, 0.15) is 30.6 Å². The molecule has 0 saturated carbocycles. The lowest BCUT2D eigenvalue weighted by atomic mass is 10.1. The minimum atomic E-state index is -0.363. The topological polar surface area (TPSA) is 63.7 Å². The summed E-state index contributed by atoms with van der Waals surface area (Å²) in [6, 6.07) is 6.84. The Balaban J connectivity index is 2.01. The fraction of sp³-hybridized carbons (Fsp3) is 0.438. The molecule has 0 radical (unpaired) electrons. The van der Waals surface area contributed by atoms with Gasteiger partial charge in [0, 0.05) is 31.3 Å². The maximum atomic E-state index is 12.1. The molecule has 1 fully saturated rings. The molecule has 1 aliphatic heterocycles. The van der Waals surface area contributed by atoms with Crippen molar-refractivity contribution >= 4 is 34.4 Å². The molecule has 6 heteroatoms. The van der Waals surface area contributed by atoms with Crippen LogP contribution in [0.2, 0.25) is 0 Å². The van der Waals surface area contributed by atoms with Crippen LogP contribution in [0.4, 0.5) is 5.69 Å². The zero-order valence-electron chi connectivity index (χ0n) is 12.7. The molecule has 1 aliphatic rings. The van der Waals surface area contributed by atoms with Crippen LogP contribution in [-0.4, -0.2) is 35.9 Å². The molecule has 1 aromatic rings. The number of hydrogen-bond donors (Lipinski definition) is 0. The summed E-state index contributed by atoms with van der Waals surface area (Å²) in [5.74, 6) is 0.542. The molecular weight excluding hydrogens is 302 g/mol. The average molecular weight is 321 g/mol. The number of rotatable bonds is 5. The summed E-state index contributed by atoms with van der Waals surface area (Å²) in [5, 5.41) is 0.0738. The van der Waals surface area contributed by atoms with Crippen molar-refractivity contribution in [2.24, 2.45) is 5.92 Å². The summed E-state index contributed by atoms with van der Waals surface area (Å²) in [7, 11) is 0. The Morgan fingerprint density at radius 2 is 2.00 bits per heavy atom. The molecule has 0 aliphatic carbocycles. The number of benzene rings is 1. The van der Waals surface area contributed by atoms with Gasteiger partial charge in [0.2, 0.25) is 5.91 Å². The zero-order valence-corrected chi connectivity index (χ0v) is 13.5. The second-order valence-electron chi connectivity index (χ2n) is 5.14. The van der Waals surface area contributed by atoms with Gasteiger partial charge in [-0.05, 0) is 37.1 Å². The van der Waals surface area contributed by atoms with E-state index < -0.39 is 0 Å². The van der Waals surface area contributed by atoms with Gasteiger partial charge in [-0.3, -0.25) is 9.59 Å². The maximum Gasteiger partial charge on any atom is 0.338 e. The Morgan fingerprint density at radius 3 is 2.59 bits per heavy atom. The van der Waals surface area contributed by atoms with Crippen LogP contribution in [0.15, 0.2) is 24.3 Å². The summed E-state index contributed by atoms with van der Waals surface area (Å²) >= 11 is 1.26. The molecule has 1 heterocycles. The molecule has 0 bridgehead atoms. The molecular formula is C16H19NO4S. The number of carbonyl (C=O) groups is 3. The first-order valence-corrected chi connectivity index (χ1v) is 8.20. The molecule has 118 valence electrons. The maximum absolute atomic E-state index is 12.1. The highest BCUT2D eigenvalue weighted by Gasteiger charge is 2.30. The smallest absolute Gasteiger partial charge is 0.338 e. The summed E-state index contributed by atoms with van der Waals surface area (Å²) in [4.78, 5) is 36.4. The number of ether oxygens (including phenoxy) is 1. The first-order chi connectivity index (χ1) is 10.5. The molecule has 1 unspecified atom stereocenters. The summed E-state index contributed by atoms with van der Waals surface area (Å²) < 4.78 is 4.93. The summed E-state index contributed by atoms with van der Waals surface area (Å²) in [5.41, 5.74) is 1.24. The first-order valence-electron chi connectivity index (χ1n) is 7.22. The Morgan fingerprint density at radius 1 is 1.32 bits per heavy atom. The fourth-order valence-corrected chi connectivity index (χ4v) is 3.06. The fourth-order valence-electron chi connectivity index (χ4n) is 2.37. The quantitative estimate of drug-likeness (QED) is 0.780. The third kappa shape index (κ3) is 4.10. The van der Waals surface area contributed by atoms with E-state index in [0.717, 1.165) is 5.69 Å². The highest BCUT2D eigenvalue weighted by molar-refractivity contribution is 8.13. The van der Waals surface area contributed by atoms with Gasteiger partial charge in [0.15, 0.2) is 5.12 Å². The molecule has 2 rings (SSSR count). The van der Waals surface area contributed by atoms with Crippen LogP contribution >= 0.6 is 11.8 Å². The van der Waals surface area contributed by atoms with Crippen molar-refractivity contribution in [3.63, 3.8) is 0 Å². The predicted octanol–water partition coefficient (Wildman–Crippen LogP) is 2.50. The Kier molecular flexibility index (Phi) is 5.60. The monoisotopic (exact) mass is 321 g/mol. The number of anilines is 1. The Hall–Kier alpha value is -1.82. The molecule has 0 aromatic heterocycles. The Bertz CT molecular complexity index is 570. The van der Waals surface area contributed by atoms with Gasteiger partial charge in [0.25, 0.3) is 0 Å². The Labute approximate surface area is 134 Å². The molecule has 0 N–H and O–H groups in total. The lowest BCUT2D eigenvalue weighted by Gasteiger charge is -2.17. The number of carbonyl (C=O) groups excluding carboxylic acids is 3. The summed E-state index contributed by atoms with van der Waals surface area (Å²) in [6.45, 7) is 4.24. The van der Waals surface area contributed by atoms with Crippen LogP contribution in [-0.2, 0) is 14.3 Å². The minimum absolute atomic E-state index is 0.0537. The van der Waals surface area contributed by atoms with E-state index in [2.05, 4.69) is 0 Å². The lowest BCUT2D eigenvalue weighted by Crippen LogP contribution is -2.24. The van der Waals surface area contributed by atoms with Gasteiger partial charge < -0.3 is 9.64 Å². The van der Waals surface area contributed by atoms with E-state index >= 15 is 0 Å². The van der Waals surface area contributed by atoms with Crippen molar-refractivity contribution in [1.82, 2.24) is 0 Å². The normalized spacial score (nSPS) is 17.6. The van der Waals surface area contributed by atoms with Crippen LogP contribution in [0.3, 0.4) is 0 Å². The number of thioether (sulfide) groups is 1. The number of amides is 1. The molecule has 1 aromatic carbocycles. The van der Waals surface area contributed by atoms with Crippen LogP contribution in [0.5, 0.6) is 0 Å². The van der Waals surface area contributed by atoms with Gasteiger partial charge in [0.05, 0.1) is 12.2 Å².